The lowest BCUT2D eigenvalue weighted by Gasteiger charge is -2.33. The highest BCUT2D eigenvalue weighted by Crippen LogP contribution is 2.32. The van der Waals surface area contributed by atoms with E-state index in [1.54, 1.807) is 22.1 Å². The molecule has 3 heterocycles. The van der Waals surface area contributed by atoms with E-state index in [0.29, 0.717) is 10.9 Å². The summed E-state index contributed by atoms with van der Waals surface area (Å²) in [6, 6.07) is 9.46. The molecule has 0 fully saturated rings. The van der Waals surface area contributed by atoms with E-state index in [9.17, 15) is 9.59 Å². The van der Waals surface area contributed by atoms with Crippen LogP contribution in [0.1, 0.15) is 23.4 Å². The van der Waals surface area contributed by atoms with Crippen LogP contribution in [-0.4, -0.2) is 27.1 Å². The first kappa shape index (κ1) is 15.1. The molecule has 6 heteroatoms. The number of thiophene rings is 1. The van der Waals surface area contributed by atoms with Crippen molar-refractivity contribution in [2.45, 2.75) is 25.9 Å². The molecule has 2 aromatic heterocycles. The van der Waals surface area contributed by atoms with Crippen LogP contribution >= 0.6 is 11.3 Å². The highest BCUT2D eigenvalue weighted by atomic mass is 32.1. The summed E-state index contributed by atoms with van der Waals surface area (Å²) >= 11 is 1.76. The topological polar surface area (TPSA) is 55.2 Å². The van der Waals surface area contributed by atoms with Crippen molar-refractivity contribution in [1.82, 2.24) is 14.7 Å². The first-order chi connectivity index (χ1) is 11.6. The average molecular weight is 339 g/mol. The summed E-state index contributed by atoms with van der Waals surface area (Å²) < 4.78 is 1.62. The van der Waals surface area contributed by atoms with E-state index in [-0.39, 0.29) is 23.9 Å². The molecule has 0 saturated carbocycles. The largest absolute Gasteiger partial charge is 0.334 e. The number of carbonyl (C=O) groups is 1. The van der Waals surface area contributed by atoms with E-state index in [4.69, 9.17) is 0 Å². The number of carbonyl (C=O) groups excluding carboxylic acids is 1. The third-order valence-corrected chi connectivity index (χ3v) is 5.64. The second-order valence-corrected chi connectivity index (χ2v) is 7.00. The lowest BCUT2D eigenvalue weighted by atomic mass is 10.0. The van der Waals surface area contributed by atoms with Crippen molar-refractivity contribution < 1.29 is 4.79 Å². The molecule has 0 N–H and O–H groups in total. The zero-order valence-electron chi connectivity index (χ0n) is 13.3. The van der Waals surface area contributed by atoms with E-state index in [1.807, 2.05) is 23.1 Å². The number of hydrogen-bond donors (Lipinski definition) is 0. The summed E-state index contributed by atoms with van der Waals surface area (Å²) in [5.41, 5.74) is 1.82. The number of rotatable bonds is 2. The van der Waals surface area contributed by atoms with E-state index in [1.165, 1.54) is 16.6 Å². The van der Waals surface area contributed by atoms with Gasteiger partial charge in [-0.15, -0.1) is 11.3 Å². The number of fused-ring (bicyclic) bond motifs is 2. The number of para-hydroxylation sites is 1. The van der Waals surface area contributed by atoms with E-state index in [2.05, 4.69) is 23.5 Å². The molecule has 24 heavy (non-hydrogen) atoms. The molecule has 1 aromatic carbocycles. The molecule has 0 unspecified atom stereocenters. The molecule has 0 saturated heterocycles. The molecule has 4 rings (SSSR count). The van der Waals surface area contributed by atoms with Crippen molar-refractivity contribution in [3.05, 3.63) is 62.6 Å². The fourth-order valence-corrected chi connectivity index (χ4v) is 4.32. The lowest BCUT2D eigenvalue weighted by molar-refractivity contribution is -0.134. The van der Waals surface area contributed by atoms with Crippen LogP contribution in [0.5, 0.6) is 0 Å². The molecule has 5 nitrogen and oxygen atoms in total. The van der Waals surface area contributed by atoms with E-state index >= 15 is 0 Å². The Bertz CT molecular complexity index is 976. The molecule has 122 valence electrons. The molecule has 0 spiro atoms. The maximum atomic E-state index is 12.8. The van der Waals surface area contributed by atoms with Gasteiger partial charge in [-0.1, -0.05) is 12.1 Å². The number of aromatic nitrogens is 2. The maximum absolute atomic E-state index is 12.8. The van der Waals surface area contributed by atoms with Crippen LogP contribution in [0.2, 0.25) is 0 Å². The Morgan fingerprint density at radius 1 is 1.33 bits per heavy atom. The maximum Gasteiger partial charge on any atom is 0.244 e. The van der Waals surface area contributed by atoms with Gasteiger partial charge >= 0.3 is 0 Å². The Morgan fingerprint density at radius 2 is 2.17 bits per heavy atom. The predicted octanol–water partition coefficient (Wildman–Crippen LogP) is 2.60. The van der Waals surface area contributed by atoms with Crippen LogP contribution in [0.3, 0.4) is 0 Å². The lowest BCUT2D eigenvalue weighted by Crippen LogP contribution is -2.40. The molecular formula is C18H17N3O2S. The van der Waals surface area contributed by atoms with Gasteiger partial charge in [0.1, 0.15) is 6.54 Å². The highest BCUT2D eigenvalue weighted by molar-refractivity contribution is 7.10. The van der Waals surface area contributed by atoms with Crippen LogP contribution in [0, 0.1) is 0 Å². The van der Waals surface area contributed by atoms with Gasteiger partial charge in [-0.05, 0) is 42.5 Å². The zero-order chi connectivity index (χ0) is 16.7. The summed E-state index contributed by atoms with van der Waals surface area (Å²) in [6.45, 7) is 2.94. The molecule has 3 aromatic rings. The van der Waals surface area contributed by atoms with E-state index < -0.39 is 0 Å². The standard InChI is InChI=1S/C18H17N3O2S/c1-12-13-7-9-24-17(13)6-8-20(12)18(23)11-21-15-5-3-2-4-14(15)16(22)10-19-21/h2-5,7,9-10,12H,6,8,11H2,1H3/t12-/m0/s1. The fourth-order valence-electron chi connectivity index (χ4n) is 3.36. The zero-order valence-corrected chi connectivity index (χ0v) is 14.1. The van der Waals surface area contributed by atoms with Crippen molar-refractivity contribution in [3.63, 3.8) is 0 Å². The summed E-state index contributed by atoms with van der Waals surface area (Å²) in [5.74, 6) is 0.0284. The van der Waals surface area contributed by atoms with Crippen molar-refractivity contribution in [1.29, 1.82) is 0 Å². The molecular weight excluding hydrogens is 322 g/mol. The van der Waals surface area contributed by atoms with Crippen LogP contribution in [0.4, 0.5) is 0 Å². The van der Waals surface area contributed by atoms with Gasteiger partial charge in [0.2, 0.25) is 11.3 Å². The first-order valence-electron chi connectivity index (χ1n) is 7.96. The van der Waals surface area contributed by atoms with E-state index in [0.717, 1.165) is 13.0 Å². The normalized spacial score (nSPS) is 17.0. The first-order valence-corrected chi connectivity index (χ1v) is 8.83. The Morgan fingerprint density at radius 3 is 3.04 bits per heavy atom. The van der Waals surface area contributed by atoms with Crippen molar-refractivity contribution in [2.24, 2.45) is 0 Å². The fraction of sp³-hybridized carbons (Fsp3) is 0.278. The minimum absolute atomic E-state index is 0.0284. The Balaban J connectivity index is 1.64. The highest BCUT2D eigenvalue weighted by Gasteiger charge is 2.28. The Hall–Kier alpha value is -2.47. The van der Waals surface area contributed by atoms with Gasteiger partial charge in [0, 0.05) is 16.8 Å². The molecule has 0 radical (unpaired) electrons. The monoisotopic (exact) mass is 339 g/mol. The second kappa shape index (κ2) is 5.87. The van der Waals surface area contributed by atoms with Gasteiger partial charge < -0.3 is 4.90 Å². The smallest absolute Gasteiger partial charge is 0.244 e. The molecule has 1 atom stereocenters. The summed E-state index contributed by atoms with van der Waals surface area (Å²) in [6.07, 6.45) is 2.19. The van der Waals surface area contributed by atoms with Crippen molar-refractivity contribution >= 4 is 28.1 Å². The van der Waals surface area contributed by atoms with Gasteiger partial charge in [-0.25, -0.2) is 0 Å². The van der Waals surface area contributed by atoms with Crippen molar-refractivity contribution in [3.8, 4) is 0 Å². The average Bonchev–Trinajstić information content (AvgIpc) is 3.07. The second-order valence-electron chi connectivity index (χ2n) is 6.00. The van der Waals surface area contributed by atoms with Crippen LogP contribution in [0.15, 0.2) is 46.7 Å². The number of amides is 1. The molecule has 0 bridgehead atoms. The van der Waals surface area contributed by atoms with Crippen LogP contribution in [-0.2, 0) is 17.8 Å². The molecule has 1 aliphatic heterocycles. The van der Waals surface area contributed by atoms with Gasteiger partial charge in [0.05, 0.1) is 17.8 Å². The number of hydrogen-bond acceptors (Lipinski definition) is 4. The Kier molecular flexibility index (Phi) is 3.69. The summed E-state index contributed by atoms with van der Waals surface area (Å²) in [7, 11) is 0. The minimum Gasteiger partial charge on any atom is -0.334 e. The van der Waals surface area contributed by atoms with Gasteiger partial charge in [-0.3, -0.25) is 14.3 Å². The van der Waals surface area contributed by atoms with Crippen LogP contribution < -0.4 is 5.43 Å². The minimum atomic E-state index is -0.122. The SMILES string of the molecule is C[C@H]1c2ccsc2CCN1C(=O)Cn1ncc(=O)c2ccccc21. The Labute approximate surface area is 143 Å². The van der Waals surface area contributed by atoms with Gasteiger partial charge in [-0.2, -0.15) is 5.10 Å². The third-order valence-electron chi connectivity index (χ3n) is 4.64. The quantitative estimate of drug-likeness (QED) is 0.721. The third kappa shape index (κ3) is 2.43. The van der Waals surface area contributed by atoms with Crippen molar-refractivity contribution in [2.75, 3.05) is 6.54 Å². The van der Waals surface area contributed by atoms with Gasteiger partial charge in [0.25, 0.3) is 0 Å². The van der Waals surface area contributed by atoms with Crippen LogP contribution in [0.25, 0.3) is 10.9 Å². The van der Waals surface area contributed by atoms with Gasteiger partial charge in [0.15, 0.2) is 0 Å². The summed E-state index contributed by atoms with van der Waals surface area (Å²) in [5, 5.41) is 6.84. The summed E-state index contributed by atoms with van der Waals surface area (Å²) in [4.78, 5) is 28.0. The predicted molar refractivity (Wildman–Crippen MR) is 94.2 cm³/mol. The molecule has 1 amide bonds. The molecule has 0 aliphatic carbocycles. The number of nitrogens with zero attached hydrogens (tertiary/aromatic N) is 3. The molecule has 1 aliphatic rings. The number of benzene rings is 1.